The van der Waals surface area contributed by atoms with Crippen LogP contribution in [0.4, 0.5) is 0 Å². The highest BCUT2D eigenvalue weighted by atomic mass is 16.1. The molecular formula is C11H16N2O. The van der Waals surface area contributed by atoms with Gasteiger partial charge in [-0.3, -0.25) is 9.78 Å². The fourth-order valence-electron chi connectivity index (χ4n) is 1.41. The van der Waals surface area contributed by atoms with Gasteiger partial charge in [0.25, 0.3) is 5.91 Å². The molecule has 1 heterocycles. The normalized spacial score (nSPS) is 12.5. The third-order valence-corrected chi connectivity index (χ3v) is 2.48. The van der Waals surface area contributed by atoms with Crippen molar-refractivity contribution in [2.45, 2.75) is 33.1 Å². The number of aryl methyl sites for hydroxylation is 1. The van der Waals surface area contributed by atoms with E-state index in [1.165, 1.54) is 0 Å². The lowest BCUT2D eigenvalue weighted by Crippen LogP contribution is -2.15. The van der Waals surface area contributed by atoms with Gasteiger partial charge >= 0.3 is 0 Å². The summed E-state index contributed by atoms with van der Waals surface area (Å²) in [5, 5.41) is 0. The van der Waals surface area contributed by atoms with Gasteiger partial charge in [0.15, 0.2) is 0 Å². The van der Waals surface area contributed by atoms with E-state index in [1.54, 1.807) is 6.20 Å². The first kappa shape index (κ1) is 10.7. The molecule has 0 saturated carbocycles. The van der Waals surface area contributed by atoms with Crippen LogP contribution in [0.1, 0.15) is 47.8 Å². The first-order valence-corrected chi connectivity index (χ1v) is 4.82. The van der Waals surface area contributed by atoms with Crippen LogP contribution in [0.2, 0.25) is 0 Å². The predicted octanol–water partition coefficient (Wildman–Crippen LogP) is 2.00. The van der Waals surface area contributed by atoms with E-state index in [0.29, 0.717) is 11.5 Å². The van der Waals surface area contributed by atoms with Crippen molar-refractivity contribution in [2.75, 3.05) is 0 Å². The van der Waals surface area contributed by atoms with Crippen molar-refractivity contribution in [2.24, 2.45) is 5.73 Å². The number of carbonyl (C=O) groups excluding carboxylic acids is 1. The highest BCUT2D eigenvalue weighted by Crippen LogP contribution is 2.22. The van der Waals surface area contributed by atoms with E-state index in [2.05, 4.69) is 18.8 Å². The second kappa shape index (κ2) is 4.22. The molecule has 0 radical (unpaired) electrons. The van der Waals surface area contributed by atoms with Gasteiger partial charge in [0.2, 0.25) is 0 Å². The molecule has 1 amide bonds. The zero-order valence-electron chi connectivity index (χ0n) is 8.87. The summed E-state index contributed by atoms with van der Waals surface area (Å²) in [5.74, 6) is -0.0491. The average molecular weight is 192 g/mol. The molecule has 3 heteroatoms. The lowest BCUT2D eigenvalue weighted by atomic mass is 9.94. The van der Waals surface area contributed by atoms with Crippen molar-refractivity contribution in [3.05, 3.63) is 29.1 Å². The molecule has 0 aromatic carbocycles. The molecular weight excluding hydrogens is 176 g/mol. The lowest BCUT2D eigenvalue weighted by molar-refractivity contribution is 0.0998. The summed E-state index contributed by atoms with van der Waals surface area (Å²) in [6.07, 6.45) is 2.56. The van der Waals surface area contributed by atoms with Gasteiger partial charge in [-0.15, -0.1) is 0 Å². The van der Waals surface area contributed by atoms with Crippen molar-refractivity contribution in [3.8, 4) is 0 Å². The van der Waals surface area contributed by atoms with E-state index in [-0.39, 0.29) is 0 Å². The van der Waals surface area contributed by atoms with Crippen molar-refractivity contribution >= 4 is 5.91 Å². The number of rotatable bonds is 3. The first-order valence-electron chi connectivity index (χ1n) is 4.82. The summed E-state index contributed by atoms with van der Waals surface area (Å²) in [7, 11) is 0. The van der Waals surface area contributed by atoms with Crippen LogP contribution in [-0.4, -0.2) is 10.9 Å². The predicted molar refractivity (Wildman–Crippen MR) is 56.2 cm³/mol. The van der Waals surface area contributed by atoms with Crippen LogP contribution < -0.4 is 5.73 Å². The Hall–Kier alpha value is -1.38. The number of primary amides is 1. The molecule has 1 aromatic heterocycles. The standard InChI is InChI=1S/C11H16N2O/c1-4-7(2)9-5-8(3)13-6-10(9)11(12)14/h5-7H,4H2,1-3H3,(H2,12,14). The Labute approximate surface area is 84.3 Å². The number of pyridine rings is 1. The van der Waals surface area contributed by atoms with Gasteiger partial charge in [0, 0.05) is 11.9 Å². The SMILES string of the molecule is CCC(C)c1cc(C)ncc1C(N)=O. The summed E-state index contributed by atoms with van der Waals surface area (Å²) in [4.78, 5) is 15.2. The van der Waals surface area contributed by atoms with E-state index in [1.807, 2.05) is 13.0 Å². The fraction of sp³-hybridized carbons (Fsp3) is 0.455. The minimum absolute atomic E-state index is 0.346. The quantitative estimate of drug-likeness (QED) is 0.796. The summed E-state index contributed by atoms with van der Waals surface area (Å²) >= 11 is 0. The van der Waals surface area contributed by atoms with Gasteiger partial charge in [-0.25, -0.2) is 0 Å². The van der Waals surface area contributed by atoms with E-state index in [0.717, 1.165) is 17.7 Å². The van der Waals surface area contributed by atoms with Gasteiger partial charge in [0.1, 0.15) is 0 Å². The molecule has 2 N–H and O–H groups in total. The van der Waals surface area contributed by atoms with E-state index in [9.17, 15) is 4.79 Å². The third kappa shape index (κ3) is 2.10. The number of hydrogen-bond acceptors (Lipinski definition) is 2. The van der Waals surface area contributed by atoms with Gasteiger partial charge in [-0.05, 0) is 30.9 Å². The molecule has 0 saturated heterocycles. The number of aromatic nitrogens is 1. The molecule has 0 fully saturated rings. The smallest absolute Gasteiger partial charge is 0.250 e. The molecule has 0 spiro atoms. The van der Waals surface area contributed by atoms with Gasteiger partial charge < -0.3 is 5.73 Å². The number of nitrogens with two attached hydrogens (primary N) is 1. The molecule has 1 rings (SSSR count). The van der Waals surface area contributed by atoms with E-state index >= 15 is 0 Å². The van der Waals surface area contributed by atoms with Crippen molar-refractivity contribution < 1.29 is 4.79 Å². The Morgan fingerprint density at radius 1 is 1.64 bits per heavy atom. The van der Waals surface area contributed by atoms with Crippen molar-refractivity contribution in [1.82, 2.24) is 4.98 Å². The molecule has 1 atom stereocenters. The maximum absolute atomic E-state index is 11.1. The average Bonchev–Trinajstić information content (AvgIpc) is 2.16. The summed E-state index contributed by atoms with van der Waals surface area (Å²) in [5.41, 5.74) is 7.75. The minimum atomic E-state index is -0.396. The summed E-state index contributed by atoms with van der Waals surface area (Å²) in [6, 6.07) is 1.94. The molecule has 0 aliphatic heterocycles. The second-order valence-electron chi connectivity index (χ2n) is 3.59. The van der Waals surface area contributed by atoms with Crippen LogP contribution in [0.25, 0.3) is 0 Å². The van der Waals surface area contributed by atoms with Crippen LogP contribution in [0.5, 0.6) is 0 Å². The molecule has 3 nitrogen and oxygen atoms in total. The third-order valence-electron chi connectivity index (χ3n) is 2.48. The maximum atomic E-state index is 11.1. The molecule has 1 aromatic rings. The van der Waals surface area contributed by atoms with Crippen molar-refractivity contribution in [3.63, 3.8) is 0 Å². The van der Waals surface area contributed by atoms with Gasteiger partial charge in [-0.1, -0.05) is 13.8 Å². The fourth-order valence-corrected chi connectivity index (χ4v) is 1.41. The number of carbonyl (C=O) groups is 1. The Bertz CT molecular complexity index is 347. The molecule has 1 unspecified atom stereocenters. The van der Waals surface area contributed by atoms with Crippen molar-refractivity contribution in [1.29, 1.82) is 0 Å². The molecule has 0 bridgehead atoms. The number of nitrogens with zero attached hydrogens (tertiary/aromatic N) is 1. The zero-order chi connectivity index (χ0) is 10.7. The first-order chi connectivity index (χ1) is 6.56. The zero-order valence-corrected chi connectivity index (χ0v) is 8.87. The highest BCUT2D eigenvalue weighted by Gasteiger charge is 2.13. The van der Waals surface area contributed by atoms with Crippen LogP contribution in [0.15, 0.2) is 12.3 Å². The van der Waals surface area contributed by atoms with E-state index < -0.39 is 5.91 Å². The Kier molecular flexibility index (Phi) is 3.23. The van der Waals surface area contributed by atoms with Gasteiger partial charge in [-0.2, -0.15) is 0 Å². The Morgan fingerprint density at radius 3 is 2.79 bits per heavy atom. The largest absolute Gasteiger partial charge is 0.366 e. The van der Waals surface area contributed by atoms with Crippen LogP contribution >= 0.6 is 0 Å². The van der Waals surface area contributed by atoms with E-state index in [4.69, 9.17) is 5.73 Å². The monoisotopic (exact) mass is 192 g/mol. The highest BCUT2D eigenvalue weighted by molar-refractivity contribution is 5.94. The number of amides is 1. The van der Waals surface area contributed by atoms with Crippen LogP contribution in [0.3, 0.4) is 0 Å². The Morgan fingerprint density at radius 2 is 2.29 bits per heavy atom. The molecule has 14 heavy (non-hydrogen) atoms. The molecule has 76 valence electrons. The topological polar surface area (TPSA) is 56.0 Å². The minimum Gasteiger partial charge on any atom is -0.366 e. The second-order valence-corrected chi connectivity index (χ2v) is 3.59. The maximum Gasteiger partial charge on any atom is 0.250 e. The lowest BCUT2D eigenvalue weighted by Gasteiger charge is -2.12. The Balaban J connectivity index is 3.22. The number of hydrogen-bond donors (Lipinski definition) is 1. The summed E-state index contributed by atoms with van der Waals surface area (Å²) in [6.45, 7) is 6.09. The summed E-state index contributed by atoms with van der Waals surface area (Å²) < 4.78 is 0. The molecule has 0 aliphatic carbocycles. The van der Waals surface area contributed by atoms with Gasteiger partial charge in [0.05, 0.1) is 5.56 Å². The van der Waals surface area contributed by atoms with Crippen LogP contribution in [0, 0.1) is 6.92 Å². The van der Waals surface area contributed by atoms with Crippen LogP contribution in [-0.2, 0) is 0 Å². The molecule has 0 aliphatic rings.